The molecule has 0 bridgehead atoms. The lowest BCUT2D eigenvalue weighted by Gasteiger charge is -2.38. The van der Waals surface area contributed by atoms with E-state index < -0.39 is 15.6 Å². The zero-order valence-corrected chi connectivity index (χ0v) is 13.8. The minimum atomic E-state index is -3.59. The Morgan fingerprint density at radius 3 is 2.52 bits per heavy atom. The van der Waals surface area contributed by atoms with Crippen LogP contribution in [0.5, 0.6) is 0 Å². The van der Waals surface area contributed by atoms with E-state index in [-0.39, 0.29) is 5.03 Å². The summed E-state index contributed by atoms with van der Waals surface area (Å²) in [5.74, 6) is 0. The highest BCUT2D eigenvalue weighted by Gasteiger charge is 2.45. The lowest BCUT2D eigenvalue weighted by atomic mass is 9.98. The summed E-state index contributed by atoms with van der Waals surface area (Å²) in [6, 6.07) is 0. The summed E-state index contributed by atoms with van der Waals surface area (Å²) in [6.07, 6.45) is 7.72. The predicted octanol–water partition coefficient (Wildman–Crippen LogP) is 1.58. The van der Waals surface area contributed by atoms with Crippen molar-refractivity contribution in [2.24, 2.45) is 5.73 Å². The van der Waals surface area contributed by atoms with Gasteiger partial charge in [-0.05, 0) is 26.2 Å². The van der Waals surface area contributed by atoms with Gasteiger partial charge in [-0.1, -0.05) is 19.8 Å². The van der Waals surface area contributed by atoms with Crippen molar-refractivity contribution in [3.8, 4) is 0 Å². The largest absolute Gasteiger partial charge is 0.336 e. The third-order valence-electron chi connectivity index (χ3n) is 4.40. The van der Waals surface area contributed by atoms with Gasteiger partial charge in [0.05, 0.1) is 6.33 Å². The average molecular weight is 314 g/mol. The highest BCUT2D eigenvalue weighted by Crippen LogP contribution is 2.37. The van der Waals surface area contributed by atoms with Crippen LogP contribution in [0.3, 0.4) is 0 Å². The number of imidazole rings is 1. The summed E-state index contributed by atoms with van der Waals surface area (Å²) >= 11 is 0. The number of aromatic nitrogens is 2. The summed E-state index contributed by atoms with van der Waals surface area (Å²) in [5.41, 5.74) is 5.55. The molecule has 0 aromatic carbocycles. The van der Waals surface area contributed by atoms with E-state index in [1.807, 2.05) is 13.8 Å². The summed E-state index contributed by atoms with van der Waals surface area (Å²) in [4.78, 5) is 4.09. The maximum absolute atomic E-state index is 13.0. The van der Waals surface area contributed by atoms with Crippen LogP contribution in [-0.4, -0.2) is 40.9 Å². The van der Waals surface area contributed by atoms with Gasteiger partial charge >= 0.3 is 0 Å². The molecule has 1 aromatic heterocycles. The van der Waals surface area contributed by atoms with Crippen LogP contribution >= 0.6 is 0 Å². The highest BCUT2D eigenvalue weighted by atomic mass is 32.2. The second-order valence-electron chi connectivity index (χ2n) is 5.76. The van der Waals surface area contributed by atoms with E-state index in [1.165, 1.54) is 0 Å². The normalized spacial score (nSPS) is 18.5. The second kappa shape index (κ2) is 6.46. The molecule has 1 aromatic rings. The predicted molar refractivity (Wildman–Crippen MR) is 82.3 cm³/mol. The molecule has 0 amide bonds. The van der Waals surface area contributed by atoms with Crippen LogP contribution in [-0.2, 0) is 16.6 Å². The molecule has 0 saturated heterocycles. The number of rotatable bonds is 7. The third kappa shape index (κ3) is 3.00. The molecule has 7 heteroatoms. The van der Waals surface area contributed by atoms with Gasteiger partial charge in [0.2, 0.25) is 0 Å². The van der Waals surface area contributed by atoms with Gasteiger partial charge in [0, 0.05) is 31.4 Å². The minimum Gasteiger partial charge on any atom is -0.336 e. The van der Waals surface area contributed by atoms with Gasteiger partial charge in [-0.25, -0.2) is 13.4 Å². The van der Waals surface area contributed by atoms with Gasteiger partial charge in [0.1, 0.15) is 0 Å². The molecule has 0 atom stereocenters. The van der Waals surface area contributed by atoms with E-state index in [1.54, 1.807) is 21.4 Å². The molecule has 21 heavy (non-hydrogen) atoms. The molecule has 1 fully saturated rings. The molecule has 0 unspecified atom stereocenters. The van der Waals surface area contributed by atoms with Crippen LogP contribution in [0.25, 0.3) is 0 Å². The van der Waals surface area contributed by atoms with Crippen LogP contribution < -0.4 is 5.73 Å². The van der Waals surface area contributed by atoms with Crippen molar-refractivity contribution >= 4 is 10.0 Å². The van der Waals surface area contributed by atoms with Crippen LogP contribution in [0.1, 0.15) is 46.0 Å². The quantitative estimate of drug-likeness (QED) is 0.828. The standard InChI is InChI=1S/C14H26N4O2S/c1-3-9-18(14(11-15)7-5-6-8-14)21(19,20)13-10-17(4-2)12-16-13/h10,12H,3-9,11,15H2,1-2H3. The van der Waals surface area contributed by atoms with Gasteiger partial charge < -0.3 is 10.3 Å². The van der Waals surface area contributed by atoms with Crippen molar-refractivity contribution in [3.63, 3.8) is 0 Å². The van der Waals surface area contributed by atoms with Gasteiger partial charge in [-0.2, -0.15) is 4.31 Å². The molecular weight excluding hydrogens is 288 g/mol. The molecular formula is C14H26N4O2S. The molecule has 1 aliphatic carbocycles. The van der Waals surface area contributed by atoms with Crippen molar-refractivity contribution in [2.45, 2.75) is 63.1 Å². The van der Waals surface area contributed by atoms with Gasteiger partial charge in [-0.3, -0.25) is 0 Å². The molecule has 0 radical (unpaired) electrons. The summed E-state index contributed by atoms with van der Waals surface area (Å²) in [6.45, 7) is 5.53. The summed E-state index contributed by atoms with van der Waals surface area (Å²) < 4.78 is 29.4. The molecule has 0 aliphatic heterocycles. The third-order valence-corrected chi connectivity index (χ3v) is 6.29. The number of hydrogen-bond acceptors (Lipinski definition) is 4. The first-order chi connectivity index (χ1) is 10.00. The van der Waals surface area contributed by atoms with Gasteiger partial charge in [0.15, 0.2) is 5.03 Å². The van der Waals surface area contributed by atoms with Crippen LogP contribution in [0.4, 0.5) is 0 Å². The van der Waals surface area contributed by atoms with E-state index >= 15 is 0 Å². The highest BCUT2D eigenvalue weighted by molar-refractivity contribution is 7.89. The Labute approximate surface area is 127 Å². The Balaban J connectivity index is 2.40. The maximum Gasteiger partial charge on any atom is 0.262 e. The zero-order chi connectivity index (χ0) is 15.5. The monoisotopic (exact) mass is 314 g/mol. The van der Waals surface area contributed by atoms with Crippen LogP contribution in [0.2, 0.25) is 0 Å². The average Bonchev–Trinajstić information content (AvgIpc) is 3.14. The Bertz CT molecular complexity index is 561. The molecule has 1 heterocycles. The molecule has 120 valence electrons. The van der Waals surface area contributed by atoms with Crippen molar-refractivity contribution in [1.82, 2.24) is 13.9 Å². The van der Waals surface area contributed by atoms with Gasteiger partial charge in [-0.15, -0.1) is 0 Å². The topological polar surface area (TPSA) is 81.2 Å². The molecule has 6 nitrogen and oxygen atoms in total. The smallest absolute Gasteiger partial charge is 0.262 e. The fraction of sp³-hybridized carbons (Fsp3) is 0.786. The Morgan fingerprint density at radius 1 is 1.38 bits per heavy atom. The molecule has 2 N–H and O–H groups in total. The van der Waals surface area contributed by atoms with Gasteiger partial charge in [0.25, 0.3) is 10.0 Å². The van der Waals surface area contributed by atoms with E-state index in [2.05, 4.69) is 4.98 Å². The molecule has 0 spiro atoms. The second-order valence-corrected chi connectivity index (χ2v) is 7.56. The zero-order valence-electron chi connectivity index (χ0n) is 13.0. The molecule has 1 saturated carbocycles. The van der Waals surface area contributed by atoms with Crippen molar-refractivity contribution in [3.05, 3.63) is 12.5 Å². The SMILES string of the molecule is CCCN(C1(CN)CCCC1)S(=O)(=O)c1cn(CC)cn1. The van der Waals surface area contributed by atoms with Crippen LogP contribution in [0, 0.1) is 0 Å². The first-order valence-corrected chi connectivity index (χ1v) is 9.19. The first kappa shape index (κ1) is 16.5. The Hall–Kier alpha value is -0.920. The lowest BCUT2D eigenvalue weighted by molar-refractivity contribution is 0.197. The number of nitrogens with two attached hydrogens (primary N) is 1. The van der Waals surface area contributed by atoms with E-state index in [9.17, 15) is 8.42 Å². The van der Waals surface area contributed by atoms with Crippen molar-refractivity contribution in [2.75, 3.05) is 13.1 Å². The fourth-order valence-electron chi connectivity index (χ4n) is 3.16. The van der Waals surface area contributed by atoms with E-state index in [4.69, 9.17) is 5.73 Å². The number of nitrogens with zero attached hydrogens (tertiary/aromatic N) is 3. The van der Waals surface area contributed by atoms with Crippen molar-refractivity contribution < 1.29 is 8.42 Å². The Morgan fingerprint density at radius 2 is 2.05 bits per heavy atom. The Kier molecular flexibility index (Phi) is 5.06. The van der Waals surface area contributed by atoms with Crippen LogP contribution in [0.15, 0.2) is 17.6 Å². The summed E-state index contributed by atoms with van der Waals surface area (Å²) in [5, 5.41) is 0.137. The van der Waals surface area contributed by atoms with E-state index in [0.717, 1.165) is 32.1 Å². The fourth-order valence-corrected chi connectivity index (χ4v) is 5.03. The maximum atomic E-state index is 13.0. The van der Waals surface area contributed by atoms with E-state index in [0.29, 0.717) is 19.6 Å². The summed E-state index contributed by atoms with van der Waals surface area (Å²) in [7, 11) is -3.59. The van der Waals surface area contributed by atoms with Crippen molar-refractivity contribution in [1.29, 1.82) is 0 Å². The number of aryl methyl sites for hydroxylation is 1. The molecule has 2 rings (SSSR count). The minimum absolute atomic E-state index is 0.137. The first-order valence-electron chi connectivity index (χ1n) is 7.75. The number of sulfonamides is 1. The molecule has 1 aliphatic rings. The lowest BCUT2D eigenvalue weighted by Crippen LogP contribution is -2.54. The number of hydrogen-bond donors (Lipinski definition) is 1.